The van der Waals surface area contributed by atoms with E-state index in [4.69, 9.17) is 4.74 Å². The van der Waals surface area contributed by atoms with Crippen LogP contribution in [0.4, 0.5) is 5.69 Å². The largest absolute Gasteiger partial charge is 0.385 e. The second kappa shape index (κ2) is 6.26. The minimum atomic E-state index is -0.576. The number of para-hydroxylation sites is 1. The maximum absolute atomic E-state index is 12.5. The number of hydrogen-bond acceptors (Lipinski definition) is 3. The first-order valence-electron chi connectivity index (χ1n) is 7.15. The summed E-state index contributed by atoms with van der Waals surface area (Å²) < 4.78 is 4.93. The molecule has 0 atom stereocenters. The van der Waals surface area contributed by atoms with Gasteiger partial charge in [-0.2, -0.15) is 0 Å². The van der Waals surface area contributed by atoms with Crippen molar-refractivity contribution in [3.63, 3.8) is 0 Å². The van der Waals surface area contributed by atoms with Crippen molar-refractivity contribution >= 4 is 17.5 Å². The van der Waals surface area contributed by atoms with E-state index in [0.717, 1.165) is 17.7 Å². The Bertz CT molecular complexity index is 540. The van der Waals surface area contributed by atoms with E-state index in [1.165, 1.54) is 0 Å². The summed E-state index contributed by atoms with van der Waals surface area (Å²) in [6.45, 7) is 5.01. The molecule has 1 aromatic rings. The molecular weight excluding hydrogens is 268 g/mol. The van der Waals surface area contributed by atoms with Gasteiger partial charge in [0.15, 0.2) is 0 Å². The number of rotatable bonds is 6. The fourth-order valence-corrected chi connectivity index (χ4v) is 2.60. The molecular formula is C16H22N2O3. The van der Waals surface area contributed by atoms with Gasteiger partial charge in [0.2, 0.25) is 11.8 Å². The normalized spacial score (nSPS) is 16.0. The molecule has 1 heterocycles. The Kier molecular flexibility index (Phi) is 4.63. The molecule has 5 nitrogen and oxygen atoms in total. The van der Waals surface area contributed by atoms with E-state index < -0.39 is 5.41 Å². The number of methoxy groups -OCH3 is 1. The average Bonchev–Trinajstić information content (AvgIpc) is 2.66. The quantitative estimate of drug-likeness (QED) is 0.807. The van der Waals surface area contributed by atoms with Gasteiger partial charge in [-0.25, -0.2) is 0 Å². The Morgan fingerprint density at radius 1 is 1.33 bits per heavy atom. The minimum absolute atomic E-state index is 0.0317. The van der Waals surface area contributed by atoms with Gasteiger partial charge < -0.3 is 15.0 Å². The van der Waals surface area contributed by atoms with Gasteiger partial charge in [0.25, 0.3) is 0 Å². The van der Waals surface area contributed by atoms with Gasteiger partial charge in [0.1, 0.15) is 6.54 Å². The van der Waals surface area contributed by atoms with Gasteiger partial charge in [-0.1, -0.05) is 18.2 Å². The van der Waals surface area contributed by atoms with Crippen LogP contribution in [0.1, 0.15) is 25.8 Å². The highest BCUT2D eigenvalue weighted by Crippen LogP contribution is 2.40. The molecule has 5 heteroatoms. The van der Waals surface area contributed by atoms with Gasteiger partial charge in [0.05, 0.1) is 5.41 Å². The summed E-state index contributed by atoms with van der Waals surface area (Å²) in [7, 11) is 1.63. The van der Waals surface area contributed by atoms with Crippen LogP contribution in [0.5, 0.6) is 0 Å². The summed E-state index contributed by atoms with van der Waals surface area (Å²) in [6, 6.07) is 7.64. The van der Waals surface area contributed by atoms with Crippen LogP contribution in [0.25, 0.3) is 0 Å². The first-order valence-corrected chi connectivity index (χ1v) is 7.15. The maximum atomic E-state index is 12.5. The SMILES string of the molecule is COCCCNC(=O)CN1C(=O)C(C)(C)c2ccccc21. The molecule has 0 aromatic heterocycles. The maximum Gasteiger partial charge on any atom is 0.240 e. The fourth-order valence-electron chi connectivity index (χ4n) is 2.60. The van der Waals surface area contributed by atoms with Crippen molar-refractivity contribution in [2.45, 2.75) is 25.7 Å². The lowest BCUT2D eigenvalue weighted by molar-refractivity contribution is -0.125. The number of amides is 2. The van der Waals surface area contributed by atoms with E-state index in [0.29, 0.717) is 13.2 Å². The molecule has 1 N–H and O–H groups in total. The van der Waals surface area contributed by atoms with Crippen LogP contribution in [0, 0.1) is 0 Å². The number of anilines is 1. The third kappa shape index (κ3) is 3.08. The molecule has 2 amide bonds. The highest BCUT2D eigenvalue weighted by molar-refractivity contribution is 6.10. The van der Waals surface area contributed by atoms with Crippen LogP contribution in [-0.2, 0) is 19.7 Å². The number of hydrogen-bond donors (Lipinski definition) is 1. The monoisotopic (exact) mass is 290 g/mol. The molecule has 0 spiro atoms. The zero-order chi connectivity index (χ0) is 15.5. The lowest BCUT2D eigenvalue weighted by Gasteiger charge is -2.20. The van der Waals surface area contributed by atoms with E-state index in [1.54, 1.807) is 12.0 Å². The van der Waals surface area contributed by atoms with Gasteiger partial charge in [0, 0.05) is 25.9 Å². The van der Waals surface area contributed by atoms with E-state index in [-0.39, 0.29) is 18.4 Å². The predicted octanol–water partition coefficient (Wildman–Crippen LogP) is 1.46. The Hall–Kier alpha value is -1.88. The minimum Gasteiger partial charge on any atom is -0.385 e. The van der Waals surface area contributed by atoms with Crippen molar-refractivity contribution in [3.8, 4) is 0 Å². The van der Waals surface area contributed by atoms with Gasteiger partial charge >= 0.3 is 0 Å². The van der Waals surface area contributed by atoms with Crippen molar-refractivity contribution < 1.29 is 14.3 Å². The topological polar surface area (TPSA) is 58.6 Å². The van der Waals surface area contributed by atoms with Crippen LogP contribution in [-0.4, -0.2) is 38.6 Å². The van der Waals surface area contributed by atoms with Gasteiger partial charge in [-0.15, -0.1) is 0 Å². The molecule has 21 heavy (non-hydrogen) atoms. The molecule has 0 bridgehead atoms. The summed E-state index contributed by atoms with van der Waals surface area (Å²) in [6.07, 6.45) is 0.762. The predicted molar refractivity (Wildman–Crippen MR) is 81.3 cm³/mol. The van der Waals surface area contributed by atoms with E-state index >= 15 is 0 Å². The van der Waals surface area contributed by atoms with Crippen molar-refractivity contribution in [2.24, 2.45) is 0 Å². The Morgan fingerprint density at radius 2 is 2.05 bits per heavy atom. The number of benzene rings is 1. The summed E-state index contributed by atoms with van der Waals surface area (Å²) >= 11 is 0. The van der Waals surface area contributed by atoms with Crippen LogP contribution in [0.15, 0.2) is 24.3 Å². The van der Waals surface area contributed by atoms with E-state index in [9.17, 15) is 9.59 Å². The molecule has 1 aliphatic rings. The van der Waals surface area contributed by atoms with Crippen molar-refractivity contribution in [1.82, 2.24) is 5.32 Å². The second-order valence-corrected chi connectivity index (χ2v) is 5.73. The molecule has 0 unspecified atom stereocenters. The highest BCUT2D eigenvalue weighted by Gasteiger charge is 2.43. The molecule has 114 valence electrons. The number of nitrogens with one attached hydrogen (secondary N) is 1. The summed E-state index contributed by atoms with van der Waals surface area (Å²) in [4.78, 5) is 26.1. The number of fused-ring (bicyclic) bond motifs is 1. The molecule has 2 rings (SSSR count). The lowest BCUT2D eigenvalue weighted by Crippen LogP contribution is -2.43. The van der Waals surface area contributed by atoms with Crippen LogP contribution >= 0.6 is 0 Å². The van der Waals surface area contributed by atoms with Crippen LogP contribution < -0.4 is 10.2 Å². The smallest absolute Gasteiger partial charge is 0.240 e. The standard InChI is InChI=1S/C16H22N2O3/c1-16(2)12-7-4-5-8-13(12)18(15(16)20)11-14(19)17-9-6-10-21-3/h4-5,7-8H,6,9-11H2,1-3H3,(H,17,19). The Labute approximate surface area is 125 Å². The summed E-state index contributed by atoms with van der Waals surface area (Å²) in [5, 5.41) is 2.81. The molecule has 0 saturated heterocycles. The molecule has 1 aliphatic heterocycles. The first-order chi connectivity index (χ1) is 9.98. The highest BCUT2D eigenvalue weighted by atomic mass is 16.5. The fraction of sp³-hybridized carbons (Fsp3) is 0.500. The zero-order valence-electron chi connectivity index (χ0n) is 12.8. The van der Waals surface area contributed by atoms with Crippen LogP contribution in [0.2, 0.25) is 0 Å². The summed E-state index contributed by atoms with van der Waals surface area (Å²) in [5.74, 6) is -0.178. The Balaban J connectivity index is 2.04. The van der Waals surface area contributed by atoms with Crippen molar-refractivity contribution in [1.29, 1.82) is 0 Å². The number of nitrogens with zero attached hydrogens (tertiary/aromatic N) is 1. The molecule has 1 aromatic carbocycles. The first kappa shape index (κ1) is 15.5. The van der Waals surface area contributed by atoms with E-state index in [2.05, 4.69) is 5.32 Å². The lowest BCUT2D eigenvalue weighted by atomic mass is 9.86. The third-order valence-electron chi connectivity index (χ3n) is 3.80. The average molecular weight is 290 g/mol. The van der Waals surface area contributed by atoms with Gasteiger partial charge in [-0.05, 0) is 31.9 Å². The number of carbonyl (C=O) groups is 2. The molecule has 0 fully saturated rings. The number of ether oxygens (including phenoxy) is 1. The summed E-state index contributed by atoms with van der Waals surface area (Å²) in [5.41, 5.74) is 1.23. The molecule has 0 aliphatic carbocycles. The molecule has 0 saturated carbocycles. The van der Waals surface area contributed by atoms with Crippen molar-refractivity contribution in [2.75, 3.05) is 31.7 Å². The number of carbonyl (C=O) groups excluding carboxylic acids is 2. The van der Waals surface area contributed by atoms with Crippen molar-refractivity contribution in [3.05, 3.63) is 29.8 Å². The zero-order valence-corrected chi connectivity index (χ0v) is 12.8. The third-order valence-corrected chi connectivity index (χ3v) is 3.80. The van der Waals surface area contributed by atoms with Gasteiger partial charge in [-0.3, -0.25) is 9.59 Å². The van der Waals surface area contributed by atoms with Crippen LogP contribution in [0.3, 0.4) is 0 Å². The van der Waals surface area contributed by atoms with E-state index in [1.807, 2.05) is 38.1 Å². The Morgan fingerprint density at radius 3 is 2.76 bits per heavy atom. The molecule has 0 radical (unpaired) electrons. The second-order valence-electron chi connectivity index (χ2n) is 5.73.